The number of hydrogen-bond donors (Lipinski definition) is 1. The lowest BCUT2D eigenvalue weighted by Crippen LogP contribution is -2.52. The van der Waals surface area contributed by atoms with Crippen molar-refractivity contribution in [3.63, 3.8) is 0 Å². The summed E-state index contributed by atoms with van der Waals surface area (Å²) in [6.45, 7) is 2.07. The minimum atomic E-state index is -4.50. The Labute approximate surface area is 148 Å². The number of nitrogens with zero attached hydrogens (tertiary/aromatic N) is 4. The van der Waals surface area contributed by atoms with Crippen LogP contribution in [0.3, 0.4) is 0 Å². The Balaban J connectivity index is 1.53. The molecule has 0 saturated carbocycles. The van der Waals surface area contributed by atoms with Crippen molar-refractivity contribution in [2.45, 2.75) is 12.7 Å². The lowest BCUT2D eigenvalue weighted by molar-refractivity contribution is -0.141. The molecule has 2 aromatic rings. The van der Waals surface area contributed by atoms with Gasteiger partial charge in [0.1, 0.15) is 17.8 Å². The van der Waals surface area contributed by atoms with E-state index in [4.69, 9.17) is 0 Å². The number of nitrogens with one attached hydrogen (secondary N) is 1. The summed E-state index contributed by atoms with van der Waals surface area (Å²) in [6, 6.07) is 10.3. The third-order valence-electron chi connectivity index (χ3n) is 4.12. The molecule has 0 aliphatic carbocycles. The summed E-state index contributed by atoms with van der Waals surface area (Å²) in [5.41, 5.74) is 0.0330. The number of hydrogen-bond acceptors (Lipinski definition) is 4. The number of carbonyl (C=O) groups is 1. The molecule has 1 saturated heterocycles. The minimum absolute atomic E-state index is 0.188. The molecule has 1 aromatic heterocycles. The van der Waals surface area contributed by atoms with E-state index in [1.165, 1.54) is 0 Å². The molecule has 138 valence electrons. The Morgan fingerprint density at radius 2 is 1.77 bits per heavy atom. The molecule has 2 heterocycles. The highest BCUT2D eigenvalue weighted by atomic mass is 19.4. The highest BCUT2D eigenvalue weighted by molar-refractivity contribution is 5.74. The van der Waals surface area contributed by atoms with Gasteiger partial charge in [0.15, 0.2) is 0 Å². The SMILES string of the molecule is O=C(NCc1ccccc1)N1CCN(c2cc(C(F)(F)F)ncn2)CC1. The first-order chi connectivity index (χ1) is 12.4. The highest BCUT2D eigenvalue weighted by Gasteiger charge is 2.33. The molecule has 1 aliphatic rings. The van der Waals surface area contributed by atoms with Crippen molar-refractivity contribution in [2.75, 3.05) is 31.1 Å². The summed E-state index contributed by atoms with van der Waals surface area (Å²) in [5, 5.41) is 2.85. The van der Waals surface area contributed by atoms with E-state index < -0.39 is 11.9 Å². The maximum atomic E-state index is 12.8. The molecule has 6 nitrogen and oxygen atoms in total. The first-order valence-corrected chi connectivity index (χ1v) is 8.14. The van der Waals surface area contributed by atoms with Crippen molar-refractivity contribution < 1.29 is 18.0 Å². The second-order valence-corrected chi connectivity index (χ2v) is 5.88. The van der Waals surface area contributed by atoms with E-state index in [9.17, 15) is 18.0 Å². The maximum Gasteiger partial charge on any atom is 0.433 e. The van der Waals surface area contributed by atoms with Gasteiger partial charge in [0, 0.05) is 38.8 Å². The smallest absolute Gasteiger partial charge is 0.353 e. The van der Waals surface area contributed by atoms with Crippen LogP contribution < -0.4 is 10.2 Å². The van der Waals surface area contributed by atoms with E-state index in [-0.39, 0.29) is 11.8 Å². The second-order valence-electron chi connectivity index (χ2n) is 5.88. The average Bonchev–Trinajstić information content (AvgIpc) is 2.66. The number of carbonyl (C=O) groups excluding carboxylic acids is 1. The minimum Gasteiger partial charge on any atom is -0.353 e. The van der Waals surface area contributed by atoms with Gasteiger partial charge in [-0.3, -0.25) is 0 Å². The molecule has 0 radical (unpaired) electrons. The van der Waals surface area contributed by atoms with Crippen molar-refractivity contribution in [2.24, 2.45) is 0 Å². The molecule has 0 unspecified atom stereocenters. The fraction of sp³-hybridized carbons (Fsp3) is 0.353. The fourth-order valence-electron chi connectivity index (χ4n) is 2.70. The first-order valence-electron chi connectivity index (χ1n) is 8.14. The molecule has 0 bridgehead atoms. The number of halogens is 3. The zero-order chi connectivity index (χ0) is 18.6. The molecular weight excluding hydrogens is 347 g/mol. The van der Waals surface area contributed by atoms with Gasteiger partial charge < -0.3 is 15.1 Å². The summed E-state index contributed by atoms with van der Waals surface area (Å²) < 4.78 is 38.3. The molecule has 1 fully saturated rings. The third kappa shape index (κ3) is 4.41. The molecule has 1 N–H and O–H groups in total. The zero-order valence-corrected chi connectivity index (χ0v) is 13.9. The van der Waals surface area contributed by atoms with Gasteiger partial charge in [-0.25, -0.2) is 14.8 Å². The molecular formula is C17H18F3N5O. The van der Waals surface area contributed by atoms with Gasteiger partial charge in [0.05, 0.1) is 0 Å². The summed E-state index contributed by atoms with van der Waals surface area (Å²) in [6.07, 6.45) is -3.59. The number of urea groups is 1. The van der Waals surface area contributed by atoms with Crippen LogP contribution in [0.5, 0.6) is 0 Å². The van der Waals surface area contributed by atoms with Gasteiger partial charge in [-0.05, 0) is 5.56 Å². The fourth-order valence-corrected chi connectivity index (χ4v) is 2.70. The molecule has 0 atom stereocenters. The van der Waals surface area contributed by atoms with E-state index in [0.29, 0.717) is 32.7 Å². The molecule has 2 amide bonds. The normalized spacial score (nSPS) is 15.0. The average molecular weight is 365 g/mol. The van der Waals surface area contributed by atoms with Gasteiger partial charge in [0.2, 0.25) is 0 Å². The quantitative estimate of drug-likeness (QED) is 0.908. The van der Waals surface area contributed by atoms with Crippen LogP contribution in [0.15, 0.2) is 42.7 Å². The monoisotopic (exact) mass is 365 g/mol. The van der Waals surface area contributed by atoms with Crippen molar-refractivity contribution in [3.05, 3.63) is 54.0 Å². The zero-order valence-electron chi connectivity index (χ0n) is 13.9. The summed E-state index contributed by atoms with van der Waals surface area (Å²) >= 11 is 0. The first kappa shape index (κ1) is 18.0. The number of anilines is 1. The Hall–Kier alpha value is -2.84. The Morgan fingerprint density at radius 3 is 2.42 bits per heavy atom. The van der Waals surface area contributed by atoms with Crippen LogP contribution in [0.25, 0.3) is 0 Å². The lowest BCUT2D eigenvalue weighted by atomic mass is 10.2. The molecule has 0 spiro atoms. The number of piperazine rings is 1. The van der Waals surface area contributed by atoms with E-state index >= 15 is 0 Å². The predicted molar refractivity (Wildman–Crippen MR) is 89.5 cm³/mol. The van der Waals surface area contributed by atoms with Crippen molar-refractivity contribution in [3.8, 4) is 0 Å². The highest BCUT2D eigenvalue weighted by Crippen LogP contribution is 2.29. The Morgan fingerprint density at radius 1 is 1.08 bits per heavy atom. The largest absolute Gasteiger partial charge is 0.433 e. The van der Waals surface area contributed by atoms with E-state index in [1.54, 1.807) is 9.80 Å². The van der Waals surface area contributed by atoms with Crippen LogP contribution in [-0.2, 0) is 12.7 Å². The molecule has 3 rings (SSSR count). The van der Waals surface area contributed by atoms with Crippen LogP contribution in [0.2, 0.25) is 0 Å². The van der Waals surface area contributed by atoms with Crippen LogP contribution >= 0.6 is 0 Å². The molecule has 1 aromatic carbocycles. The van der Waals surface area contributed by atoms with Crippen molar-refractivity contribution in [1.82, 2.24) is 20.2 Å². The van der Waals surface area contributed by atoms with Gasteiger partial charge >= 0.3 is 12.2 Å². The van der Waals surface area contributed by atoms with Crippen molar-refractivity contribution in [1.29, 1.82) is 0 Å². The van der Waals surface area contributed by atoms with Gasteiger partial charge in [-0.2, -0.15) is 13.2 Å². The van der Waals surface area contributed by atoms with E-state index in [2.05, 4.69) is 15.3 Å². The standard InChI is InChI=1S/C17H18F3N5O/c18-17(19,20)14-10-15(23-12-22-14)24-6-8-25(9-7-24)16(26)21-11-13-4-2-1-3-5-13/h1-5,10,12H,6-9,11H2,(H,21,26). The molecule has 1 aliphatic heterocycles. The number of alkyl halides is 3. The second kappa shape index (κ2) is 7.59. The summed E-state index contributed by atoms with van der Waals surface area (Å²) in [5.74, 6) is 0.219. The maximum absolute atomic E-state index is 12.8. The van der Waals surface area contributed by atoms with Crippen molar-refractivity contribution >= 4 is 11.8 Å². The topological polar surface area (TPSA) is 61.4 Å². The lowest BCUT2D eigenvalue weighted by Gasteiger charge is -2.35. The van der Waals surface area contributed by atoms with Crippen LogP contribution in [0.1, 0.15) is 11.3 Å². The van der Waals surface area contributed by atoms with Crippen LogP contribution in [0.4, 0.5) is 23.8 Å². The predicted octanol–water partition coefficient (Wildman–Crippen LogP) is 2.53. The molecule has 26 heavy (non-hydrogen) atoms. The van der Waals surface area contributed by atoms with E-state index in [1.807, 2.05) is 30.3 Å². The Bertz CT molecular complexity index is 746. The third-order valence-corrected chi connectivity index (χ3v) is 4.12. The summed E-state index contributed by atoms with van der Waals surface area (Å²) in [7, 11) is 0. The number of aromatic nitrogens is 2. The summed E-state index contributed by atoms with van der Waals surface area (Å²) in [4.78, 5) is 22.8. The number of benzene rings is 1. The van der Waals surface area contributed by atoms with Gasteiger partial charge in [-0.15, -0.1) is 0 Å². The van der Waals surface area contributed by atoms with Crippen LogP contribution in [0, 0.1) is 0 Å². The Kier molecular flexibility index (Phi) is 5.24. The van der Waals surface area contributed by atoms with Gasteiger partial charge in [-0.1, -0.05) is 30.3 Å². The number of amides is 2. The number of rotatable bonds is 3. The van der Waals surface area contributed by atoms with Crippen LogP contribution in [-0.4, -0.2) is 47.1 Å². The van der Waals surface area contributed by atoms with Gasteiger partial charge in [0.25, 0.3) is 0 Å². The molecule has 9 heteroatoms. The van der Waals surface area contributed by atoms with E-state index in [0.717, 1.165) is 18.0 Å².